The van der Waals surface area contributed by atoms with Crippen LogP contribution >= 0.6 is 0 Å². The van der Waals surface area contributed by atoms with Gasteiger partial charge in [-0.1, -0.05) is 0 Å². The number of rotatable bonds is 3. The van der Waals surface area contributed by atoms with Crippen LogP contribution in [-0.4, -0.2) is 31.5 Å². The van der Waals surface area contributed by atoms with Gasteiger partial charge in [0.2, 0.25) is 0 Å². The molecule has 0 fully saturated rings. The van der Waals surface area contributed by atoms with E-state index in [-0.39, 0.29) is 23.2 Å². The lowest BCUT2D eigenvalue weighted by Gasteiger charge is -2.10. The smallest absolute Gasteiger partial charge is 0.152 e. The minimum absolute atomic E-state index is 0.0200. The molecule has 0 amide bonds. The second kappa shape index (κ2) is 5.90. The number of nitrogens with one attached hydrogen (secondary N) is 2. The molecule has 0 aliphatic rings. The number of aliphatic imine (C=N–C) groups is 2. The van der Waals surface area contributed by atoms with Crippen molar-refractivity contribution in [2.75, 3.05) is 19.4 Å². The van der Waals surface area contributed by atoms with E-state index in [1.807, 2.05) is 0 Å². The summed E-state index contributed by atoms with van der Waals surface area (Å²) in [6.45, 7) is 1.65. The van der Waals surface area contributed by atoms with E-state index in [9.17, 15) is 4.39 Å². The van der Waals surface area contributed by atoms with E-state index in [2.05, 4.69) is 15.3 Å². The van der Waals surface area contributed by atoms with Crippen LogP contribution in [-0.2, 0) is 0 Å². The number of benzene rings is 1. The van der Waals surface area contributed by atoms with Gasteiger partial charge in [0, 0.05) is 19.8 Å². The van der Waals surface area contributed by atoms with Gasteiger partial charge in [0.1, 0.15) is 17.4 Å². The van der Waals surface area contributed by atoms with Gasteiger partial charge in [0.25, 0.3) is 0 Å². The largest absolute Gasteiger partial charge is 0.382 e. The van der Waals surface area contributed by atoms with Crippen LogP contribution in [0.3, 0.4) is 0 Å². The van der Waals surface area contributed by atoms with Gasteiger partial charge in [-0.15, -0.1) is 0 Å². The molecule has 0 aliphatic carbocycles. The van der Waals surface area contributed by atoms with Crippen molar-refractivity contribution in [1.82, 2.24) is 0 Å². The van der Waals surface area contributed by atoms with Crippen LogP contribution in [0.15, 0.2) is 28.2 Å². The zero-order valence-corrected chi connectivity index (χ0v) is 10.6. The topological polar surface area (TPSA) is 86.6 Å². The van der Waals surface area contributed by atoms with Crippen LogP contribution in [0.5, 0.6) is 0 Å². The Morgan fingerprint density at radius 2 is 2.00 bits per heavy atom. The SMILES string of the molecule is C/N=C(C(=N)Nc1ccc(F)c(C)c1)\C(N)=N/C. The summed E-state index contributed by atoms with van der Waals surface area (Å²) >= 11 is 0. The van der Waals surface area contributed by atoms with E-state index in [1.165, 1.54) is 20.2 Å². The van der Waals surface area contributed by atoms with Crippen molar-refractivity contribution in [2.45, 2.75) is 6.92 Å². The number of aryl methyl sites for hydroxylation is 1. The first-order valence-electron chi connectivity index (χ1n) is 5.31. The van der Waals surface area contributed by atoms with Gasteiger partial charge < -0.3 is 11.1 Å². The molecule has 4 N–H and O–H groups in total. The van der Waals surface area contributed by atoms with Crippen molar-refractivity contribution in [1.29, 1.82) is 5.41 Å². The lowest BCUT2D eigenvalue weighted by molar-refractivity contribution is 0.619. The van der Waals surface area contributed by atoms with Gasteiger partial charge in [-0.05, 0) is 30.7 Å². The Balaban J connectivity index is 2.90. The Morgan fingerprint density at radius 1 is 1.33 bits per heavy atom. The van der Waals surface area contributed by atoms with Gasteiger partial charge in [-0.3, -0.25) is 15.4 Å². The van der Waals surface area contributed by atoms with Gasteiger partial charge in [0.05, 0.1) is 0 Å². The average molecular weight is 249 g/mol. The van der Waals surface area contributed by atoms with Crippen LogP contribution in [0.25, 0.3) is 0 Å². The minimum Gasteiger partial charge on any atom is -0.382 e. The molecule has 0 bridgehead atoms. The molecule has 1 rings (SSSR count). The lowest BCUT2D eigenvalue weighted by atomic mass is 10.2. The first kappa shape index (κ1) is 13.8. The highest BCUT2D eigenvalue weighted by atomic mass is 19.1. The molecule has 96 valence electrons. The maximum Gasteiger partial charge on any atom is 0.152 e. The Hall–Kier alpha value is -2.24. The van der Waals surface area contributed by atoms with E-state index < -0.39 is 0 Å². The van der Waals surface area contributed by atoms with Crippen molar-refractivity contribution >= 4 is 23.1 Å². The summed E-state index contributed by atoms with van der Waals surface area (Å²) in [5, 5.41) is 10.6. The standard InChI is InChI=1S/C12H16FN5/c1-7-6-8(4-5-9(7)13)18-12(15)10(16-2)11(14)17-3/h4-6H,1-3H3,(H2,14,17)(H2,15,18)/b16-10+. The summed E-state index contributed by atoms with van der Waals surface area (Å²) in [6.07, 6.45) is 0. The maximum atomic E-state index is 13.1. The fraction of sp³-hybridized carbons (Fsp3) is 0.250. The summed E-state index contributed by atoms with van der Waals surface area (Å²) in [7, 11) is 3.05. The number of amidine groups is 2. The highest BCUT2D eigenvalue weighted by Crippen LogP contribution is 2.13. The molecule has 1 aromatic rings. The predicted octanol–water partition coefficient (Wildman–Crippen LogP) is 1.58. The van der Waals surface area contributed by atoms with Gasteiger partial charge in [-0.25, -0.2) is 4.39 Å². The molecule has 0 saturated heterocycles. The summed E-state index contributed by atoms with van der Waals surface area (Å²) in [6, 6.07) is 4.49. The first-order chi connectivity index (χ1) is 8.49. The van der Waals surface area contributed by atoms with Crippen LogP contribution < -0.4 is 11.1 Å². The third-order valence-electron chi connectivity index (χ3n) is 2.37. The van der Waals surface area contributed by atoms with Gasteiger partial charge in [0.15, 0.2) is 5.84 Å². The molecule has 5 nitrogen and oxygen atoms in total. The number of anilines is 1. The summed E-state index contributed by atoms with van der Waals surface area (Å²) in [5.74, 6) is -0.0912. The molecular weight excluding hydrogens is 233 g/mol. The number of nitrogens with two attached hydrogens (primary N) is 1. The number of hydrogen-bond acceptors (Lipinski definition) is 3. The van der Waals surface area contributed by atoms with E-state index in [4.69, 9.17) is 11.1 Å². The highest BCUT2D eigenvalue weighted by molar-refractivity contribution is 6.68. The van der Waals surface area contributed by atoms with Crippen LogP contribution in [0.1, 0.15) is 5.56 Å². The Labute approximate surface area is 105 Å². The quantitative estimate of drug-likeness (QED) is 0.561. The average Bonchev–Trinajstić information content (AvgIpc) is 2.34. The fourth-order valence-corrected chi connectivity index (χ4v) is 1.39. The third kappa shape index (κ3) is 3.13. The Morgan fingerprint density at radius 3 is 2.50 bits per heavy atom. The second-order valence-electron chi connectivity index (χ2n) is 3.65. The molecule has 18 heavy (non-hydrogen) atoms. The van der Waals surface area contributed by atoms with E-state index in [0.29, 0.717) is 11.3 Å². The summed E-state index contributed by atoms with van der Waals surface area (Å²) < 4.78 is 13.1. The molecule has 1 aromatic carbocycles. The molecule has 0 heterocycles. The normalized spacial score (nSPS) is 12.4. The Bertz CT molecular complexity index is 519. The first-order valence-corrected chi connectivity index (χ1v) is 5.31. The molecule has 0 unspecified atom stereocenters. The molecular formula is C12H16FN5. The lowest BCUT2D eigenvalue weighted by Crippen LogP contribution is -2.34. The Kier molecular flexibility index (Phi) is 4.53. The van der Waals surface area contributed by atoms with Crippen molar-refractivity contribution in [3.8, 4) is 0 Å². The zero-order valence-electron chi connectivity index (χ0n) is 10.6. The minimum atomic E-state index is -0.286. The molecule has 0 aromatic heterocycles. The van der Waals surface area contributed by atoms with Crippen molar-refractivity contribution < 1.29 is 4.39 Å². The van der Waals surface area contributed by atoms with Crippen LogP contribution in [0.2, 0.25) is 0 Å². The molecule has 0 aliphatic heterocycles. The monoisotopic (exact) mass is 249 g/mol. The molecule has 0 atom stereocenters. The van der Waals surface area contributed by atoms with Crippen molar-refractivity contribution in [2.24, 2.45) is 15.7 Å². The number of halogens is 1. The number of nitrogens with zero attached hydrogens (tertiary/aromatic N) is 2. The summed E-state index contributed by atoms with van der Waals surface area (Å²) in [5.41, 5.74) is 6.98. The molecule has 6 heteroatoms. The maximum absolute atomic E-state index is 13.1. The molecule has 0 spiro atoms. The molecule has 0 saturated carbocycles. The molecule has 0 radical (unpaired) electrons. The van der Waals surface area contributed by atoms with Crippen molar-refractivity contribution in [3.05, 3.63) is 29.6 Å². The van der Waals surface area contributed by atoms with Crippen LogP contribution in [0.4, 0.5) is 10.1 Å². The van der Waals surface area contributed by atoms with E-state index >= 15 is 0 Å². The second-order valence-corrected chi connectivity index (χ2v) is 3.65. The fourth-order valence-electron chi connectivity index (χ4n) is 1.39. The summed E-state index contributed by atoms with van der Waals surface area (Å²) in [4.78, 5) is 7.67. The third-order valence-corrected chi connectivity index (χ3v) is 2.37. The zero-order chi connectivity index (χ0) is 13.7. The number of hydrogen-bond donors (Lipinski definition) is 3. The van der Waals surface area contributed by atoms with Crippen molar-refractivity contribution in [3.63, 3.8) is 0 Å². The van der Waals surface area contributed by atoms with Gasteiger partial charge >= 0.3 is 0 Å². The highest BCUT2D eigenvalue weighted by Gasteiger charge is 2.11. The predicted molar refractivity (Wildman–Crippen MR) is 73.4 cm³/mol. The van der Waals surface area contributed by atoms with E-state index in [0.717, 1.165) is 0 Å². The van der Waals surface area contributed by atoms with E-state index in [1.54, 1.807) is 19.1 Å². The van der Waals surface area contributed by atoms with Crippen LogP contribution in [0, 0.1) is 18.2 Å². The van der Waals surface area contributed by atoms with Gasteiger partial charge in [-0.2, -0.15) is 0 Å².